The highest BCUT2D eigenvalue weighted by molar-refractivity contribution is 5.85. The summed E-state index contributed by atoms with van der Waals surface area (Å²) >= 11 is 0. The van der Waals surface area contributed by atoms with Crippen LogP contribution >= 0.6 is 0 Å². The Morgan fingerprint density at radius 1 is 1.05 bits per heavy atom. The number of benzene rings is 2. The van der Waals surface area contributed by atoms with Crippen LogP contribution in [0, 0.1) is 5.92 Å². The molecule has 2 aromatic carbocycles. The zero-order valence-electron chi connectivity index (χ0n) is 12.0. The minimum atomic E-state index is -0.229. The second-order valence-electron chi connectivity index (χ2n) is 5.63. The Morgan fingerprint density at radius 2 is 1.79 bits per heavy atom. The van der Waals surface area contributed by atoms with Gasteiger partial charge in [-0.3, -0.25) is 0 Å². The molecular weight excluding hydrogens is 232 g/mol. The van der Waals surface area contributed by atoms with Crippen molar-refractivity contribution in [3.8, 4) is 0 Å². The minimum absolute atomic E-state index is 0.229. The molecule has 1 N–H and O–H groups in total. The second-order valence-corrected chi connectivity index (χ2v) is 5.63. The van der Waals surface area contributed by atoms with Gasteiger partial charge in [-0.25, -0.2) is 0 Å². The Labute approximate surface area is 116 Å². The van der Waals surface area contributed by atoms with E-state index in [2.05, 4.69) is 56.3 Å². The molecular formula is C18H24O. The minimum Gasteiger partial charge on any atom is -0.393 e. The van der Waals surface area contributed by atoms with Crippen molar-refractivity contribution >= 4 is 10.8 Å². The van der Waals surface area contributed by atoms with Gasteiger partial charge in [-0.15, -0.1) is 0 Å². The van der Waals surface area contributed by atoms with Gasteiger partial charge in [0.1, 0.15) is 0 Å². The molecule has 0 aliphatic carbocycles. The molecule has 0 amide bonds. The van der Waals surface area contributed by atoms with Crippen LogP contribution < -0.4 is 0 Å². The van der Waals surface area contributed by atoms with Gasteiger partial charge in [-0.2, -0.15) is 0 Å². The topological polar surface area (TPSA) is 20.2 Å². The van der Waals surface area contributed by atoms with Crippen molar-refractivity contribution in [1.29, 1.82) is 0 Å². The third-order valence-electron chi connectivity index (χ3n) is 3.79. The van der Waals surface area contributed by atoms with E-state index in [1.165, 1.54) is 29.2 Å². The molecule has 0 fully saturated rings. The van der Waals surface area contributed by atoms with Crippen molar-refractivity contribution in [2.45, 2.75) is 45.6 Å². The summed E-state index contributed by atoms with van der Waals surface area (Å²) in [4.78, 5) is 0. The van der Waals surface area contributed by atoms with Crippen LogP contribution in [-0.4, -0.2) is 11.2 Å². The molecule has 0 bridgehead atoms. The molecule has 0 saturated heterocycles. The molecule has 0 saturated carbocycles. The van der Waals surface area contributed by atoms with Crippen LogP contribution in [0.15, 0.2) is 42.5 Å². The first-order chi connectivity index (χ1) is 9.20. The fraction of sp³-hybridized carbons (Fsp3) is 0.444. The van der Waals surface area contributed by atoms with Crippen LogP contribution in [0.1, 0.15) is 38.7 Å². The van der Waals surface area contributed by atoms with E-state index in [1.807, 2.05) is 0 Å². The van der Waals surface area contributed by atoms with Crippen LogP contribution in [0.4, 0.5) is 0 Å². The molecule has 19 heavy (non-hydrogen) atoms. The maximum Gasteiger partial charge on any atom is 0.0583 e. The number of hydrogen-bond acceptors (Lipinski definition) is 1. The van der Waals surface area contributed by atoms with E-state index in [1.54, 1.807) is 0 Å². The first-order valence-corrected chi connectivity index (χ1v) is 7.35. The van der Waals surface area contributed by atoms with Crippen molar-refractivity contribution < 1.29 is 5.11 Å². The maximum atomic E-state index is 10.3. The first-order valence-electron chi connectivity index (χ1n) is 7.35. The molecule has 2 rings (SSSR count). The molecule has 2 atom stereocenters. The fourth-order valence-corrected chi connectivity index (χ4v) is 2.88. The number of rotatable bonds is 6. The lowest BCUT2D eigenvalue weighted by Gasteiger charge is -2.16. The molecule has 102 valence electrons. The smallest absolute Gasteiger partial charge is 0.0583 e. The molecule has 0 radical (unpaired) electrons. The van der Waals surface area contributed by atoms with E-state index in [0.717, 1.165) is 12.8 Å². The predicted octanol–water partition coefficient (Wildman–Crippen LogP) is 4.57. The summed E-state index contributed by atoms with van der Waals surface area (Å²) in [5.74, 6) is 0.606. The summed E-state index contributed by atoms with van der Waals surface area (Å²) in [5, 5.41) is 12.8. The summed E-state index contributed by atoms with van der Waals surface area (Å²) in [7, 11) is 0. The standard InChI is InChI=1S/C18H24O/c1-3-7-14(2)12-17(19)13-16-10-6-9-15-8-4-5-11-18(15)16/h4-6,8-11,14,17,19H,3,7,12-13H2,1-2H3. The van der Waals surface area contributed by atoms with Gasteiger partial charge in [0.25, 0.3) is 0 Å². The average Bonchev–Trinajstić information content (AvgIpc) is 2.39. The third kappa shape index (κ3) is 3.81. The first kappa shape index (κ1) is 14.1. The van der Waals surface area contributed by atoms with E-state index in [0.29, 0.717) is 5.92 Å². The van der Waals surface area contributed by atoms with Gasteiger partial charge < -0.3 is 5.11 Å². The largest absolute Gasteiger partial charge is 0.393 e. The van der Waals surface area contributed by atoms with Crippen LogP contribution in [0.25, 0.3) is 10.8 Å². The number of aliphatic hydroxyl groups is 1. The normalized spacial score (nSPS) is 14.5. The van der Waals surface area contributed by atoms with Gasteiger partial charge in [0, 0.05) is 0 Å². The van der Waals surface area contributed by atoms with Gasteiger partial charge >= 0.3 is 0 Å². The van der Waals surface area contributed by atoms with E-state index in [4.69, 9.17) is 0 Å². The van der Waals surface area contributed by atoms with E-state index in [9.17, 15) is 5.11 Å². The Morgan fingerprint density at radius 3 is 2.58 bits per heavy atom. The van der Waals surface area contributed by atoms with Crippen LogP contribution in [0.2, 0.25) is 0 Å². The van der Waals surface area contributed by atoms with Crippen molar-refractivity contribution in [2.24, 2.45) is 5.92 Å². The van der Waals surface area contributed by atoms with E-state index >= 15 is 0 Å². The second kappa shape index (κ2) is 6.72. The van der Waals surface area contributed by atoms with Crippen molar-refractivity contribution in [1.82, 2.24) is 0 Å². The fourth-order valence-electron chi connectivity index (χ4n) is 2.88. The van der Waals surface area contributed by atoms with Crippen LogP contribution in [-0.2, 0) is 6.42 Å². The summed E-state index contributed by atoms with van der Waals surface area (Å²) in [6, 6.07) is 14.8. The summed E-state index contributed by atoms with van der Waals surface area (Å²) in [6.07, 6.45) is 3.83. The maximum absolute atomic E-state index is 10.3. The zero-order chi connectivity index (χ0) is 13.7. The van der Waals surface area contributed by atoms with Crippen molar-refractivity contribution in [3.63, 3.8) is 0 Å². The van der Waals surface area contributed by atoms with Gasteiger partial charge in [-0.05, 0) is 35.1 Å². The molecule has 0 aliphatic rings. The summed E-state index contributed by atoms with van der Waals surface area (Å²) in [5.41, 5.74) is 1.26. The molecule has 2 aromatic rings. The molecule has 0 heterocycles. The summed E-state index contributed by atoms with van der Waals surface area (Å²) in [6.45, 7) is 4.43. The van der Waals surface area contributed by atoms with E-state index in [-0.39, 0.29) is 6.10 Å². The Hall–Kier alpha value is -1.34. The van der Waals surface area contributed by atoms with Crippen molar-refractivity contribution in [2.75, 3.05) is 0 Å². The molecule has 0 aliphatic heterocycles. The predicted molar refractivity (Wildman–Crippen MR) is 82.3 cm³/mol. The molecule has 0 aromatic heterocycles. The average molecular weight is 256 g/mol. The zero-order valence-corrected chi connectivity index (χ0v) is 12.0. The highest BCUT2D eigenvalue weighted by atomic mass is 16.3. The Bertz CT molecular complexity index is 513. The number of aliphatic hydroxyl groups excluding tert-OH is 1. The van der Waals surface area contributed by atoms with Crippen molar-refractivity contribution in [3.05, 3.63) is 48.0 Å². The SMILES string of the molecule is CCCC(C)CC(O)Cc1cccc2ccccc12. The Kier molecular flexibility index (Phi) is 4.98. The molecule has 0 spiro atoms. The van der Waals surface area contributed by atoms with Crippen LogP contribution in [0.3, 0.4) is 0 Å². The third-order valence-corrected chi connectivity index (χ3v) is 3.79. The van der Waals surface area contributed by atoms with Gasteiger partial charge in [0.2, 0.25) is 0 Å². The lowest BCUT2D eigenvalue weighted by atomic mass is 9.93. The quantitative estimate of drug-likeness (QED) is 0.802. The van der Waals surface area contributed by atoms with Gasteiger partial charge in [0.15, 0.2) is 0 Å². The number of fused-ring (bicyclic) bond motifs is 1. The molecule has 2 unspecified atom stereocenters. The van der Waals surface area contributed by atoms with Gasteiger partial charge in [0.05, 0.1) is 6.10 Å². The monoisotopic (exact) mass is 256 g/mol. The highest BCUT2D eigenvalue weighted by Gasteiger charge is 2.12. The van der Waals surface area contributed by atoms with Crippen LogP contribution in [0.5, 0.6) is 0 Å². The van der Waals surface area contributed by atoms with Gasteiger partial charge in [-0.1, -0.05) is 69.2 Å². The molecule has 1 nitrogen and oxygen atoms in total. The Balaban J connectivity index is 2.08. The highest BCUT2D eigenvalue weighted by Crippen LogP contribution is 2.22. The lowest BCUT2D eigenvalue weighted by molar-refractivity contribution is 0.144. The lowest BCUT2D eigenvalue weighted by Crippen LogP contribution is -2.14. The van der Waals surface area contributed by atoms with E-state index < -0.39 is 0 Å². The summed E-state index contributed by atoms with van der Waals surface area (Å²) < 4.78 is 0. The molecule has 1 heteroatoms. The number of hydrogen-bond donors (Lipinski definition) is 1.